The highest BCUT2D eigenvalue weighted by molar-refractivity contribution is 7.91. The molecule has 138 valence electrons. The van der Waals surface area contributed by atoms with Gasteiger partial charge in [-0.25, -0.2) is 13.4 Å². The van der Waals surface area contributed by atoms with Gasteiger partial charge in [0.2, 0.25) is 0 Å². The Hall–Kier alpha value is -2.21. The van der Waals surface area contributed by atoms with E-state index in [0.29, 0.717) is 11.3 Å². The summed E-state index contributed by atoms with van der Waals surface area (Å²) in [5.41, 5.74) is 3.21. The van der Waals surface area contributed by atoms with Gasteiger partial charge in [-0.2, -0.15) is 0 Å². The molecule has 2 heterocycles. The first-order chi connectivity index (χ1) is 12.5. The van der Waals surface area contributed by atoms with E-state index < -0.39 is 9.84 Å². The van der Waals surface area contributed by atoms with Crippen molar-refractivity contribution in [1.29, 1.82) is 0 Å². The van der Waals surface area contributed by atoms with Crippen molar-refractivity contribution in [2.45, 2.75) is 51.0 Å². The second-order valence-electron chi connectivity index (χ2n) is 6.55. The molecule has 0 fully saturated rings. The number of sulfone groups is 1. The van der Waals surface area contributed by atoms with Gasteiger partial charge < -0.3 is 4.57 Å². The fourth-order valence-electron chi connectivity index (χ4n) is 3.30. The van der Waals surface area contributed by atoms with Crippen LogP contribution < -0.4 is 0 Å². The molecule has 0 saturated heterocycles. The third-order valence-electron chi connectivity index (χ3n) is 4.63. The molecule has 0 saturated carbocycles. The maximum absolute atomic E-state index is 12.3. The number of unbranched alkanes of at least 4 members (excludes halogenated alkanes) is 2. The standard InChI is InChI=1S/C20H25N3O2S/c1-3-19-22-18-15-21-14-16(2)20(18)23(19)12-8-5-9-13-26(24,25)17-10-6-4-7-11-17/h4,6-7,10-11,14-15H,3,5,8-9,12-13H2,1-2H3. The van der Waals surface area contributed by atoms with E-state index in [1.165, 1.54) is 0 Å². The Morgan fingerprint density at radius 2 is 1.81 bits per heavy atom. The lowest BCUT2D eigenvalue weighted by Gasteiger charge is -2.10. The summed E-state index contributed by atoms with van der Waals surface area (Å²) in [6, 6.07) is 8.69. The van der Waals surface area contributed by atoms with Crippen molar-refractivity contribution in [1.82, 2.24) is 14.5 Å². The number of rotatable bonds is 8. The summed E-state index contributed by atoms with van der Waals surface area (Å²) in [6.45, 7) is 5.02. The van der Waals surface area contributed by atoms with E-state index in [2.05, 4.69) is 28.4 Å². The Balaban J connectivity index is 1.60. The van der Waals surface area contributed by atoms with Gasteiger partial charge in [0.25, 0.3) is 0 Å². The number of hydrogen-bond donors (Lipinski definition) is 0. The summed E-state index contributed by atoms with van der Waals surface area (Å²) >= 11 is 0. The Morgan fingerprint density at radius 3 is 2.54 bits per heavy atom. The van der Waals surface area contributed by atoms with Gasteiger partial charge in [0.15, 0.2) is 9.84 Å². The number of nitrogens with zero attached hydrogens (tertiary/aromatic N) is 3. The first-order valence-corrected chi connectivity index (χ1v) is 10.8. The highest BCUT2D eigenvalue weighted by Crippen LogP contribution is 2.20. The normalized spacial score (nSPS) is 11.9. The number of aryl methyl sites for hydroxylation is 3. The molecule has 0 bridgehead atoms. The molecule has 3 aromatic rings. The molecule has 0 radical (unpaired) electrons. The molecule has 0 aliphatic heterocycles. The molecule has 0 N–H and O–H groups in total. The molecule has 0 atom stereocenters. The molecule has 6 heteroatoms. The second kappa shape index (κ2) is 7.99. The van der Waals surface area contributed by atoms with Crippen LogP contribution in [0.2, 0.25) is 0 Å². The molecule has 0 aliphatic rings. The van der Waals surface area contributed by atoms with Gasteiger partial charge in [0, 0.05) is 19.2 Å². The molecular weight excluding hydrogens is 346 g/mol. The molecule has 3 rings (SSSR count). The first kappa shape index (κ1) is 18.6. The Kier molecular flexibility index (Phi) is 5.71. The van der Waals surface area contributed by atoms with Crippen molar-refractivity contribution in [2.75, 3.05) is 5.75 Å². The van der Waals surface area contributed by atoms with Crippen LogP contribution in [0.1, 0.15) is 37.6 Å². The molecule has 0 unspecified atom stereocenters. The van der Waals surface area contributed by atoms with Crippen molar-refractivity contribution >= 4 is 20.9 Å². The molecule has 1 aromatic carbocycles. The molecule has 0 aliphatic carbocycles. The lowest BCUT2D eigenvalue weighted by atomic mass is 10.2. The summed E-state index contributed by atoms with van der Waals surface area (Å²) in [5, 5.41) is 0. The SMILES string of the molecule is CCc1nc2cncc(C)c2n1CCCCCS(=O)(=O)c1ccccc1. The van der Waals surface area contributed by atoms with Gasteiger partial charge in [-0.3, -0.25) is 4.98 Å². The maximum atomic E-state index is 12.3. The van der Waals surface area contributed by atoms with Crippen LogP contribution in [0.4, 0.5) is 0 Å². The van der Waals surface area contributed by atoms with E-state index in [1.807, 2.05) is 18.5 Å². The minimum absolute atomic E-state index is 0.200. The van der Waals surface area contributed by atoms with Gasteiger partial charge in [-0.05, 0) is 37.5 Å². The summed E-state index contributed by atoms with van der Waals surface area (Å²) < 4.78 is 26.9. The van der Waals surface area contributed by atoms with Crippen molar-refractivity contribution in [2.24, 2.45) is 0 Å². The summed E-state index contributed by atoms with van der Waals surface area (Å²) in [4.78, 5) is 9.31. The number of benzene rings is 1. The third-order valence-corrected chi connectivity index (χ3v) is 6.44. The van der Waals surface area contributed by atoms with Gasteiger partial charge in [-0.1, -0.05) is 31.5 Å². The lowest BCUT2D eigenvalue weighted by molar-refractivity contribution is 0.574. The van der Waals surface area contributed by atoms with E-state index in [1.54, 1.807) is 24.3 Å². The van der Waals surface area contributed by atoms with Crippen molar-refractivity contribution in [3.8, 4) is 0 Å². The topological polar surface area (TPSA) is 64.8 Å². The van der Waals surface area contributed by atoms with E-state index in [-0.39, 0.29) is 5.75 Å². The van der Waals surface area contributed by atoms with E-state index in [9.17, 15) is 8.42 Å². The smallest absolute Gasteiger partial charge is 0.178 e. The highest BCUT2D eigenvalue weighted by Gasteiger charge is 2.14. The molecule has 2 aromatic heterocycles. The van der Waals surface area contributed by atoms with Gasteiger partial charge in [-0.15, -0.1) is 0 Å². The number of hydrogen-bond acceptors (Lipinski definition) is 4. The molecular formula is C20H25N3O2S. The van der Waals surface area contributed by atoms with E-state index in [4.69, 9.17) is 0 Å². The van der Waals surface area contributed by atoms with Crippen LogP contribution in [0.25, 0.3) is 11.0 Å². The van der Waals surface area contributed by atoms with Gasteiger partial charge in [0.1, 0.15) is 11.3 Å². The van der Waals surface area contributed by atoms with Crippen molar-refractivity contribution in [3.05, 3.63) is 54.1 Å². The zero-order chi connectivity index (χ0) is 18.6. The Labute approximate surface area is 155 Å². The molecule has 0 amide bonds. The number of fused-ring (bicyclic) bond motifs is 1. The number of imidazole rings is 1. The average Bonchev–Trinajstić information content (AvgIpc) is 3.01. The molecule has 0 spiro atoms. The third kappa shape index (κ3) is 3.96. The largest absolute Gasteiger partial charge is 0.328 e. The summed E-state index contributed by atoms with van der Waals surface area (Å²) in [6.07, 6.45) is 7.03. The summed E-state index contributed by atoms with van der Waals surface area (Å²) in [7, 11) is -3.18. The zero-order valence-electron chi connectivity index (χ0n) is 15.4. The summed E-state index contributed by atoms with van der Waals surface area (Å²) in [5.74, 6) is 1.26. The monoisotopic (exact) mass is 371 g/mol. The fraction of sp³-hybridized carbons (Fsp3) is 0.400. The first-order valence-electron chi connectivity index (χ1n) is 9.10. The number of pyridine rings is 1. The van der Waals surface area contributed by atoms with Crippen molar-refractivity contribution < 1.29 is 8.42 Å². The zero-order valence-corrected chi connectivity index (χ0v) is 16.2. The van der Waals surface area contributed by atoms with E-state index >= 15 is 0 Å². The van der Waals surface area contributed by atoms with Crippen LogP contribution in [-0.2, 0) is 22.8 Å². The fourth-order valence-corrected chi connectivity index (χ4v) is 4.69. The van der Waals surface area contributed by atoms with Crippen molar-refractivity contribution in [3.63, 3.8) is 0 Å². The molecule has 5 nitrogen and oxygen atoms in total. The Morgan fingerprint density at radius 1 is 1.04 bits per heavy atom. The minimum atomic E-state index is -3.18. The maximum Gasteiger partial charge on any atom is 0.178 e. The van der Waals surface area contributed by atoms with Gasteiger partial charge in [0.05, 0.1) is 22.4 Å². The minimum Gasteiger partial charge on any atom is -0.328 e. The average molecular weight is 372 g/mol. The van der Waals surface area contributed by atoms with Crippen LogP contribution in [0, 0.1) is 6.92 Å². The predicted octanol–water partition coefficient (Wildman–Crippen LogP) is 3.95. The highest BCUT2D eigenvalue weighted by atomic mass is 32.2. The van der Waals surface area contributed by atoms with Crippen LogP contribution in [0.3, 0.4) is 0 Å². The van der Waals surface area contributed by atoms with Crippen LogP contribution >= 0.6 is 0 Å². The molecule has 26 heavy (non-hydrogen) atoms. The van der Waals surface area contributed by atoms with E-state index in [0.717, 1.165) is 48.2 Å². The van der Waals surface area contributed by atoms with Crippen LogP contribution in [0.15, 0.2) is 47.6 Å². The van der Waals surface area contributed by atoms with Gasteiger partial charge >= 0.3 is 0 Å². The van der Waals surface area contributed by atoms with Crippen LogP contribution in [-0.4, -0.2) is 28.7 Å². The quantitative estimate of drug-likeness (QED) is 0.563. The number of aromatic nitrogens is 3. The predicted molar refractivity (Wildman–Crippen MR) is 104 cm³/mol. The Bertz CT molecular complexity index is 979. The second-order valence-corrected chi connectivity index (χ2v) is 8.66. The van der Waals surface area contributed by atoms with Crippen LogP contribution in [0.5, 0.6) is 0 Å². The lowest BCUT2D eigenvalue weighted by Crippen LogP contribution is -2.08.